The molecule has 0 aromatic rings. The molecule has 1 N–H and O–H groups in total. The van der Waals surface area contributed by atoms with Crippen molar-refractivity contribution in [2.75, 3.05) is 32.4 Å². The number of piperidine rings is 1. The fourth-order valence-corrected chi connectivity index (χ4v) is 2.66. The number of carbonyl (C=O) groups excluding carboxylic acids is 1. The van der Waals surface area contributed by atoms with Crippen LogP contribution in [-0.2, 0) is 14.6 Å². The highest BCUT2D eigenvalue weighted by atomic mass is 32.2. The number of sulfone groups is 1. The molecule has 1 unspecified atom stereocenters. The highest BCUT2D eigenvalue weighted by Crippen LogP contribution is 2.18. The lowest BCUT2D eigenvalue weighted by Crippen LogP contribution is -2.46. The summed E-state index contributed by atoms with van der Waals surface area (Å²) in [6, 6.07) is 0. The van der Waals surface area contributed by atoms with Gasteiger partial charge >= 0.3 is 0 Å². The van der Waals surface area contributed by atoms with E-state index in [0.29, 0.717) is 19.0 Å². The van der Waals surface area contributed by atoms with Crippen LogP contribution in [-0.4, -0.2) is 56.9 Å². The standard InChI is InChI=1S/C12H24N2O3S/c1-4-13-9-11-5-7-14(8-6-11)12(15)10(2)18(3,16)17/h10-11,13H,4-9H2,1-3H3. The van der Waals surface area contributed by atoms with E-state index in [1.165, 1.54) is 6.92 Å². The van der Waals surface area contributed by atoms with Gasteiger partial charge in [0.15, 0.2) is 9.84 Å². The zero-order valence-electron chi connectivity index (χ0n) is 11.5. The predicted molar refractivity (Wildman–Crippen MR) is 72.2 cm³/mol. The monoisotopic (exact) mass is 276 g/mol. The first-order valence-electron chi connectivity index (χ1n) is 6.54. The summed E-state index contributed by atoms with van der Waals surface area (Å²) in [5, 5.41) is 2.40. The second kappa shape index (κ2) is 6.52. The minimum Gasteiger partial charge on any atom is -0.342 e. The third kappa shape index (κ3) is 4.24. The summed E-state index contributed by atoms with van der Waals surface area (Å²) in [5.41, 5.74) is 0. The first-order valence-corrected chi connectivity index (χ1v) is 8.50. The maximum Gasteiger partial charge on any atom is 0.240 e. The molecule has 1 heterocycles. The van der Waals surface area contributed by atoms with Crippen LogP contribution < -0.4 is 5.32 Å². The summed E-state index contributed by atoms with van der Waals surface area (Å²) in [5.74, 6) is 0.349. The van der Waals surface area contributed by atoms with E-state index in [2.05, 4.69) is 12.2 Å². The van der Waals surface area contributed by atoms with E-state index < -0.39 is 15.1 Å². The van der Waals surface area contributed by atoms with Gasteiger partial charge in [0, 0.05) is 19.3 Å². The summed E-state index contributed by atoms with van der Waals surface area (Å²) >= 11 is 0. The van der Waals surface area contributed by atoms with E-state index >= 15 is 0 Å². The van der Waals surface area contributed by atoms with Gasteiger partial charge in [0.05, 0.1) is 0 Å². The summed E-state index contributed by atoms with van der Waals surface area (Å²) < 4.78 is 22.7. The van der Waals surface area contributed by atoms with Crippen LogP contribution in [0.5, 0.6) is 0 Å². The Hall–Kier alpha value is -0.620. The molecule has 0 aliphatic carbocycles. The van der Waals surface area contributed by atoms with Crippen LogP contribution in [0.4, 0.5) is 0 Å². The van der Waals surface area contributed by atoms with Gasteiger partial charge in [0.25, 0.3) is 0 Å². The smallest absolute Gasteiger partial charge is 0.240 e. The van der Waals surface area contributed by atoms with Crippen LogP contribution in [0.1, 0.15) is 26.7 Å². The van der Waals surface area contributed by atoms with Gasteiger partial charge in [-0.05, 0) is 38.8 Å². The Morgan fingerprint density at radius 2 is 1.94 bits per heavy atom. The molecule has 1 aliphatic rings. The molecule has 0 spiro atoms. The Labute approximate surface area is 110 Å². The summed E-state index contributed by atoms with van der Waals surface area (Å²) in [4.78, 5) is 13.7. The van der Waals surface area contributed by atoms with Crippen molar-refractivity contribution < 1.29 is 13.2 Å². The van der Waals surface area contributed by atoms with Gasteiger partial charge in [0.2, 0.25) is 5.91 Å². The van der Waals surface area contributed by atoms with E-state index in [0.717, 1.165) is 32.2 Å². The van der Waals surface area contributed by atoms with Gasteiger partial charge in [-0.1, -0.05) is 6.92 Å². The molecule has 6 heteroatoms. The predicted octanol–water partition coefficient (Wildman–Crippen LogP) is 0.268. The number of hydrogen-bond donors (Lipinski definition) is 1. The molecule has 18 heavy (non-hydrogen) atoms. The van der Waals surface area contributed by atoms with Gasteiger partial charge in [-0.2, -0.15) is 0 Å². The van der Waals surface area contributed by atoms with Crippen LogP contribution in [0.25, 0.3) is 0 Å². The van der Waals surface area contributed by atoms with Crippen LogP contribution in [0.15, 0.2) is 0 Å². The molecular weight excluding hydrogens is 252 g/mol. The molecule has 0 bridgehead atoms. The van der Waals surface area contributed by atoms with Crippen LogP contribution in [0.2, 0.25) is 0 Å². The van der Waals surface area contributed by atoms with E-state index in [4.69, 9.17) is 0 Å². The first-order chi connectivity index (χ1) is 8.36. The van der Waals surface area contributed by atoms with Crippen LogP contribution in [0.3, 0.4) is 0 Å². The Balaban J connectivity index is 2.45. The van der Waals surface area contributed by atoms with E-state index in [9.17, 15) is 13.2 Å². The highest BCUT2D eigenvalue weighted by Gasteiger charge is 2.30. The molecule has 0 saturated carbocycles. The van der Waals surface area contributed by atoms with Crippen molar-refractivity contribution in [2.24, 2.45) is 5.92 Å². The average molecular weight is 276 g/mol. The van der Waals surface area contributed by atoms with Gasteiger partial charge in [0.1, 0.15) is 5.25 Å². The second-order valence-electron chi connectivity index (χ2n) is 5.05. The molecule has 1 fully saturated rings. The third-order valence-corrected chi connectivity index (χ3v) is 5.09. The molecule has 5 nitrogen and oxygen atoms in total. The zero-order valence-corrected chi connectivity index (χ0v) is 12.3. The number of hydrogen-bond acceptors (Lipinski definition) is 4. The molecule has 0 aromatic carbocycles. The fraction of sp³-hybridized carbons (Fsp3) is 0.917. The number of amides is 1. The van der Waals surface area contributed by atoms with Crippen molar-refractivity contribution in [1.29, 1.82) is 0 Å². The topological polar surface area (TPSA) is 66.5 Å². The Morgan fingerprint density at radius 1 is 1.39 bits per heavy atom. The molecule has 1 atom stereocenters. The fourth-order valence-electron chi connectivity index (χ4n) is 2.15. The molecular formula is C12H24N2O3S. The highest BCUT2D eigenvalue weighted by molar-refractivity contribution is 7.92. The minimum absolute atomic E-state index is 0.251. The van der Waals surface area contributed by atoms with Gasteiger partial charge in [-0.3, -0.25) is 4.79 Å². The van der Waals surface area contributed by atoms with Crippen molar-refractivity contribution in [3.8, 4) is 0 Å². The number of nitrogens with one attached hydrogen (secondary N) is 1. The van der Waals surface area contributed by atoms with Crippen molar-refractivity contribution in [3.63, 3.8) is 0 Å². The van der Waals surface area contributed by atoms with Crippen molar-refractivity contribution in [2.45, 2.75) is 31.9 Å². The average Bonchev–Trinajstić information content (AvgIpc) is 2.34. The zero-order chi connectivity index (χ0) is 13.8. The number of carbonyl (C=O) groups is 1. The molecule has 1 saturated heterocycles. The Kier molecular flexibility index (Phi) is 5.59. The molecule has 106 valence electrons. The normalized spacial score (nSPS) is 19.8. The van der Waals surface area contributed by atoms with Gasteiger partial charge < -0.3 is 10.2 Å². The van der Waals surface area contributed by atoms with Crippen LogP contribution >= 0.6 is 0 Å². The molecule has 1 amide bonds. The molecule has 1 aliphatic heterocycles. The molecule has 1 rings (SSSR count). The lowest BCUT2D eigenvalue weighted by atomic mass is 9.96. The molecule has 0 radical (unpaired) electrons. The second-order valence-corrected chi connectivity index (χ2v) is 7.41. The van der Waals surface area contributed by atoms with E-state index in [-0.39, 0.29) is 5.91 Å². The lowest BCUT2D eigenvalue weighted by Gasteiger charge is -2.33. The number of rotatable bonds is 5. The minimum atomic E-state index is -3.28. The SMILES string of the molecule is CCNCC1CCN(C(=O)C(C)S(C)(=O)=O)CC1. The van der Waals surface area contributed by atoms with Gasteiger partial charge in [-0.25, -0.2) is 8.42 Å². The maximum absolute atomic E-state index is 12.0. The summed E-state index contributed by atoms with van der Waals surface area (Å²) in [6.45, 7) is 6.85. The van der Waals surface area contributed by atoms with E-state index in [1.54, 1.807) is 4.90 Å². The van der Waals surface area contributed by atoms with Crippen LogP contribution in [0, 0.1) is 5.92 Å². The third-order valence-electron chi connectivity index (χ3n) is 3.60. The summed E-state index contributed by atoms with van der Waals surface area (Å²) in [6.07, 6.45) is 3.03. The van der Waals surface area contributed by atoms with Crippen molar-refractivity contribution in [1.82, 2.24) is 10.2 Å². The van der Waals surface area contributed by atoms with Crippen molar-refractivity contribution >= 4 is 15.7 Å². The van der Waals surface area contributed by atoms with Gasteiger partial charge in [-0.15, -0.1) is 0 Å². The first kappa shape index (κ1) is 15.4. The quantitative estimate of drug-likeness (QED) is 0.782. The number of nitrogens with zero attached hydrogens (tertiary/aromatic N) is 1. The van der Waals surface area contributed by atoms with E-state index in [1.807, 2.05) is 0 Å². The Bertz CT molecular complexity index is 373. The maximum atomic E-state index is 12.0. The Morgan fingerprint density at radius 3 is 2.39 bits per heavy atom. The largest absolute Gasteiger partial charge is 0.342 e. The summed E-state index contributed by atoms with van der Waals surface area (Å²) in [7, 11) is -3.28. The number of likely N-dealkylation sites (tertiary alicyclic amines) is 1. The molecule has 0 aromatic heterocycles. The lowest BCUT2D eigenvalue weighted by molar-refractivity contribution is -0.131. The van der Waals surface area contributed by atoms with Crippen molar-refractivity contribution in [3.05, 3.63) is 0 Å².